The average molecular weight is 237 g/mol. The molecule has 94 valence electrons. The summed E-state index contributed by atoms with van der Waals surface area (Å²) in [5, 5.41) is 20.7. The van der Waals surface area contributed by atoms with Gasteiger partial charge in [-0.05, 0) is 12.3 Å². The molecule has 0 aliphatic carbocycles. The van der Waals surface area contributed by atoms with Gasteiger partial charge in [-0.3, -0.25) is 10.1 Å². The molecule has 0 spiro atoms. The molecule has 17 heavy (non-hydrogen) atoms. The van der Waals surface area contributed by atoms with Crippen LogP contribution in [-0.2, 0) is 6.42 Å². The number of nitrogens with zero attached hydrogens (tertiary/aromatic N) is 1. The first-order valence-corrected chi connectivity index (χ1v) is 5.95. The van der Waals surface area contributed by atoms with Gasteiger partial charge in [0, 0.05) is 18.1 Å². The van der Waals surface area contributed by atoms with E-state index in [1.807, 2.05) is 0 Å². The largest absolute Gasteiger partial charge is 0.393 e. The quantitative estimate of drug-likeness (QED) is 0.611. The van der Waals surface area contributed by atoms with Gasteiger partial charge < -0.3 is 5.11 Å². The minimum atomic E-state index is -0.508. The van der Waals surface area contributed by atoms with E-state index in [0.29, 0.717) is 24.3 Å². The Morgan fingerprint density at radius 3 is 2.65 bits per heavy atom. The molecule has 0 aromatic heterocycles. The van der Waals surface area contributed by atoms with Gasteiger partial charge in [0.05, 0.1) is 11.0 Å². The number of para-hydroxylation sites is 1. The van der Waals surface area contributed by atoms with Crippen molar-refractivity contribution >= 4 is 5.69 Å². The maximum atomic E-state index is 10.8. The minimum absolute atomic E-state index is 0.0932. The van der Waals surface area contributed by atoms with E-state index >= 15 is 0 Å². The maximum absolute atomic E-state index is 10.8. The van der Waals surface area contributed by atoms with Crippen LogP contribution in [0.25, 0.3) is 0 Å². The summed E-state index contributed by atoms with van der Waals surface area (Å²) in [6, 6.07) is 6.59. The third-order valence-corrected chi connectivity index (χ3v) is 3.02. The van der Waals surface area contributed by atoms with Crippen molar-refractivity contribution in [1.82, 2.24) is 0 Å². The predicted molar refractivity (Wildman–Crippen MR) is 66.9 cm³/mol. The summed E-state index contributed by atoms with van der Waals surface area (Å²) >= 11 is 0. The van der Waals surface area contributed by atoms with E-state index in [1.54, 1.807) is 18.2 Å². The smallest absolute Gasteiger partial charge is 0.272 e. The van der Waals surface area contributed by atoms with Crippen molar-refractivity contribution in [1.29, 1.82) is 0 Å². The monoisotopic (exact) mass is 237 g/mol. The van der Waals surface area contributed by atoms with E-state index in [0.717, 1.165) is 6.42 Å². The number of aliphatic hydroxyl groups excluding tert-OH is 1. The van der Waals surface area contributed by atoms with Crippen LogP contribution in [0.3, 0.4) is 0 Å². The van der Waals surface area contributed by atoms with Crippen LogP contribution < -0.4 is 0 Å². The Bertz CT molecular complexity index is 379. The van der Waals surface area contributed by atoms with Crippen LogP contribution in [0.4, 0.5) is 5.69 Å². The maximum Gasteiger partial charge on any atom is 0.272 e. The minimum Gasteiger partial charge on any atom is -0.393 e. The molecule has 4 nitrogen and oxygen atoms in total. The molecule has 0 radical (unpaired) electrons. The average Bonchev–Trinajstić information content (AvgIpc) is 2.29. The number of benzene rings is 1. The lowest BCUT2D eigenvalue weighted by atomic mass is 9.96. The fourth-order valence-corrected chi connectivity index (χ4v) is 1.83. The van der Waals surface area contributed by atoms with Crippen LogP contribution in [0.15, 0.2) is 24.3 Å². The van der Waals surface area contributed by atoms with E-state index in [1.165, 1.54) is 6.07 Å². The van der Waals surface area contributed by atoms with Crippen molar-refractivity contribution in [2.24, 2.45) is 5.92 Å². The van der Waals surface area contributed by atoms with Crippen molar-refractivity contribution in [2.75, 3.05) is 0 Å². The van der Waals surface area contributed by atoms with E-state index in [9.17, 15) is 15.2 Å². The normalized spacial score (nSPS) is 14.3. The summed E-state index contributed by atoms with van der Waals surface area (Å²) < 4.78 is 0. The molecule has 2 unspecified atom stereocenters. The zero-order valence-electron chi connectivity index (χ0n) is 10.3. The molecule has 1 N–H and O–H groups in total. The summed E-state index contributed by atoms with van der Waals surface area (Å²) in [4.78, 5) is 10.4. The molecule has 0 bridgehead atoms. The number of aliphatic hydroxyl groups is 1. The first-order valence-electron chi connectivity index (χ1n) is 5.95. The number of hydrogen-bond acceptors (Lipinski definition) is 3. The van der Waals surface area contributed by atoms with E-state index in [4.69, 9.17) is 0 Å². The summed E-state index contributed by atoms with van der Waals surface area (Å²) in [6.07, 6.45) is 1.53. The molecule has 0 aliphatic heterocycles. The molecule has 1 aromatic carbocycles. The van der Waals surface area contributed by atoms with Crippen molar-refractivity contribution in [3.05, 3.63) is 39.9 Å². The molecule has 0 fully saturated rings. The standard InChI is InChI=1S/C13H19NO3/c1-3-10(2)8-12(15)9-11-6-4-5-7-13(11)14(16)17/h4-7,10,12,15H,3,8-9H2,1-2H3. The molecule has 0 amide bonds. The molecule has 1 rings (SSSR count). The van der Waals surface area contributed by atoms with Gasteiger partial charge >= 0.3 is 0 Å². The highest BCUT2D eigenvalue weighted by atomic mass is 16.6. The molecular formula is C13H19NO3. The molecule has 0 saturated carbocycles. The van der Waals surface area contributed by atoms with Crippen molar-refractivity contribution in [3.63, 3.8) is 0 Å². The van der Waals surface area contributed by atoms with E-state index in [-0.39, 0.29) is 5.69 Å². The fraction of sp³-hybridized carbons (Fsp3) is 0.538. The predicted octanol–water partition coefficient (Wildman–Crippen LogP) is 2.93. The van der Waals surface area contributed by atoms with Crippen LogP contribution >= 0.6 is 0 Å². The van der Waals surface area contributed by atoms with Crippen LogP contribution in [0.2, 0.25) is 0 Å². The lowest BCUT2D eigenvalue weighted by molar-refractivity contribution is -0.385. The highest BCUT2D eigenvalue weighted by Crippen LogP contribution is 2.21. The first-order chi connectivity index (χ1) is 8.04. The van der Waals surface area contributed by atoms with Gasteiger partial charge in [-0.25, -0.2) is 0 Å². The van der Waals surface area contributed by atoms with Crippen molar-refractivity contribution in [2.45, 2.75) is 39.2 Å². The van der Waals surface area contributed by atoms with Crippen LogP contribution in [0, 0.1) is 16.0 Å². The highest BCUT2D eigenvalue weighted by Gasteiger charge is 2.17. The van der Waals surface area contributed by atoms with Gasteiger partial charge in [-0.2, -0.15) is 0 Å². The molecule has 0 aliphatic rings. The molecule has 0 saturated heterocycles. The topological polar surface area (TPSA) is 63.4 Å². The van der Waals surface area contributed by atoms with Crippen LogP contribution in [0.1, 0.15) is 32.3 Å². The third-order valence-electron chi connectivity index (χ3n) is 3.02. The van der Waals surface area contributed by atoms with Gasteiger partial charge in [-0.1, -0.05) is 38.5 Å². The SMILES string of the molecule is CCC(C)CC(O)Cc1ccccc1[N+](=O)[O-]. The van der Waals surface area contributed by atoms with Gasteiger partial charge in [0.15, 0.2) is 0 Å². The van der Waals surface area contributed by atoms with Crippen molar-refractivity contribution < 1.29 is 10.0 Å². The summed E-state index contributed by atoms with van der Waals surface area (Å²) in [5.74, 6) is 0.438. The Balaban J connectivity index is 2.71. The second-order valence-electron chi connectivity index (χ2n) is 4.49. The molecule has 2 atom stereocenters. The Labute approximate surface area is 101 Å². The highest BCUT2D eigenvalue weighted by molar-refractivity contribution is 5.40. The lowest BCUT2D eigenvalue weighted by Gasteiger charge is -2.14. The van der Waals surface area contributed by atoms with Gasteiger partial charge in [0.25, 0.3) is 5.69 Å². The van der Waals surface area contributed by atoms with E-state index < -0.39 is 11.0 Å². The number of nitro groups is 1. The number of hydrogen-bond donors (Lipinski definition) is 1. The second-order valence-corrected chi connectivity index (χ2v) is 4.49. The number of nitro benzene ring substituents is 1. The summed E-state index contributed by atoms with van der Waals surface area (Å²) in [5.41, 5.74) is 0.698. The Morgan fingerprint density at radius 1 is 1.41 bits per heavy atom. The van der Waals surface area contributed by atoms with Gasteiger partial charge in [-0.15, -0.1) is 0 Å². The second kappa shape index (κ2) is 6.35. The zero-order chi connectivity index (χ0) is 12.8. The van der Waals surface area contributed by atoms with E-state index in [2.05, 4.69) is 13.8 Å². The fourth-order valence-electron chi connectivity index (χ4n) is 1.83. The van der Waals surface area contributed by atoms with Crippen molar-refractivity contribution in [3.8, 4) is 0 Å². The van der Waals surface area contributed by atoms with Crippen LogP contribution in [-0.4, -0.2) is 16.1 Å². The Morgan fingerprint density at radius 2 is 2.06 bits per heavy atom. The molecule has 0 heterocycles. The summed E-state index contributed by atoms with van der Waals surface area (Å²) in [6.45, 7) is 4.14. The zero-order valence-corrected chi connectivity index (χ0v) is 10.3. The molecule has 4 heteroatoms. The summed E-state index contributed by atoms with van der Waals surface area (Å²) in [7, 11) is 0. The number of rotatable bonds is 6. The first kappa shape index (κ1) is 13.6. The van der Waals surface area contributed by atoms with Gasteiger partial charge in [0.1, 0.15) is 0 Å². The molecular weight excluding hydrogens is 218 g/mol. The lowest BCUT2D eigenvalue weighted by Crippen LogP contribution is -2.15. The van der Waals surface area contributed by atoms with Gasteiger partial charge in [0.2, 0.25) is 0 Å². The van der Waals surface area contributed by atoms with Crippen LogP contribution in [0.5, 0.6) is 0 Å². The molecule has 1 aromatic rings. The Hall–Kier alpha value is -1.42. The Kier molecular flexibility index (Phi) is 5.10. The third kappa shape index (κ3) is 4.15.